The van der Waals surface area contributed by atoms with Crippen LogP contribution in [0.3, 0.4) is 0 Å². The van der Waals surface area contributed by atoms with E-state index in [9.17, 15) is 4.79 Å². The zero-order valence-corrected chi connectivity index (χ0v) is 13.2. The Morgan fingerprint density at radius 3 is 2.88 bits per heavy atom. The minimum atomic E-state index is -0.198. The molecule has 2 aliphatic rings. The largest absolute Gasteiger partial charge is 0.470 e. The molecular weight excluding hydrogens is 306 g/mol. The second kappa shape index (κ2) is 6.57. The van der Waals surface area contributed by atoms with Crippen LogP contribution in [0.5, 0.6) is 5.88 Å². The first kappa shape index (κ1) is 15.1. The number of hydrogen-bond donors (Lipinski definition) is 0. The van der Waals surface area contributed by atoms with E-state index in [-0.39, 0.29) is 24.2 Å². The molecule has 2 aliphatic heterocycles. The van der Waals surface area contributed by atoms with E-state index in [1.165, 1.54) is 0 Å². The molecule has 4 heterocycles. The molecule has 2 fully saturated rings. The predicted octanol–water partition coefficient (Wildman–Crippen LogP) is 1.93. The van der Waals surface area contributed by atoms with E-state index >= 15 is 0 Å². The van der Waals surface area contributed by atoms with Crippen LogP contribution < -0.4 is 4.74 Å². The Morgan fingerprint density at radius 1 is 1.21 bits per heavy atom. The molecule has 0 aliphatic carbocycles. The molecule has 0 aromatic carbocycles. The van der Waals surface area contributed by atoms with Crippen molar-refractivity contribution < 1.29 is 14.3 Å². The minimum absolute atomic E-state index is 0.00465. The maximum Gasteiger partial charge on any atom is 0.254 e. The SMILES string of the molecule is O=C(c1ccncc1)N1C[C@@H](Oc2ccccn2)[C@@H]2OCCC[C@@H]21. The van der Waals surface area contributed by atoms with Crippen LogP contribution in [0, 0.1) is 0 Å². The highest BCUT2D eigenvalue weighted by Gasteiger charge is 2.47. The van der Waals surface area contributed by atoms with E-state index in [0.717, 1.165) is 12.8 Å². The first-order valence-electron chi connectivity index (χ1n) is 8.23. The number of nitrogens with zero attached hydrogens (tertiary/aromatic N) is 3. The molecule has 0 N–H and O–H groups in total. The van der Waals surface area contributed by atoms with Crippen LogP contribution in [0.25, 0.3) is 0 Å². The van der Waals surface area contributed by atoms with Gasteiger partial charge < -0.3 is 14.4 Å². The number of ether oxygens (including phenoxy) is 2. The van der Waals surface area contributed by atoms with E-state index in [4.69, 9.17) is 9.47 Å². The van der Waals surface area contributed by atoms with Gasteiger partial charge >= 0.3 is 0 Å². The highest BCUT2D eigenvalue weighted by molar-refractivity contribution is 5.94. The number of likely N-dealkylation sites (tertiary alicyclic amines) is 1. The van der Waals surface area contributed by atoms with Crippen molar-refractivity contribution in [3.8, 4) is 5.88 Å². The Hall–Kier alpha value is -2.47. The minimum Gasteiger partial charge on any atom is -0.470 e. The highest BCUT2D eigenvalue weighted by atomic mass is 16.5. The number of amides is 1. The third-order valence-electron chi connectivity index (χ3n) is 4.58. The number of fused-ring (bicyclic) bond motifs is 1. The Balaban J connectivity index is 1.56. The summed E-state index contributed by atoms with van der Waals surface area (Å²) in [7, 11) is 0. The van der Waals surface area contributed by atoms with Crippen molar-refractivity contribution >= 4 is 5.91 Å². The van der Waals surface area contributed by atoms with Crippen molar-refractivity contribution in [1.29, 1.82) is 0 Å². The van der Waals surface area contributed by atoms with Crippen molar-refractivity contribution in [3.05, 3.63) is 54.5 Å². The summed E-state index contributed by atoms with van der Waals surface area (Å²) in [5.41, 5.74) is 0.646. The summed E-state index contributed by atoms with van der Waals surface area (Å²) in [6, 6.07) is 9.09. The van der Waals surface area contributed by atoms with Crippen molar-refractivity contribution in [3.63, 3.8) is 0 Å². The molecule has 0 unspecified atom stereocenters. The Labute approximate surface area is 140 Å². The Kier molecular flexibility index (Phi) is 4.13. The van der Waals surface area contributed by atoms with Crippen molar-refractivity contribution in [1.82, 2.24) is 14.9 Å². The molecule has 1 amide bonds. The molecule has 2 aromatic heterocycles. The fraction of sp³-hybridized carbons (Fsp3) is 0.389. The highest BCUT2D eigenvalue weighted by Crippen LogP contribution is 2.32. The summed E-state index contributed by atoms with van der Waals surface area (Å²) in [6.07, 6.45) is 6.56. The zero-order valence-electron chi connectivity index (χ0n) is 13.2. The van der Waals surface area contributed by atoms with Gasteiger partial charge in [-0.25, -0.2) is 4.98 Å². The van der Waals surface area contributed by atoms with Crippen LogP contribution in [0.4, 0.5) is 0 Å². The van der Waals surface area contributed by atoms with Crippen LogP contribution in [0.1, 0.15) is 23.2 Å². The lowest BCUT2D eigenvalue weighted by molar-refractivity contribution is -0.0455. The van der Waals surface area contributed by atoms with E-state index in [1.807, 2.05) is 23.1 Å². The molecule has 0 radical (unpaired) electrons. The average Bonchev–Trinajstić information content (AvgIpc) is 3.01. The fourth-order valence-electron chi connectivity index (χ4n) is 3.48. The molecular formula is C18H19N3O3. The average molecular weight is 325 g/mol. The topological polar surface area (TPSA) is 64.6 Å². The Bertz CT molecular complexity index is 695. The van der Waals surface area contributed by atoms with Crippen LogP contribution in [0.2, 0.25) is 0 Å². The first-order valence-corrected chi connectivity index (χ1v) is 8.23. The molecule has 24 heavy (non-hydrogen) atoms. The molecule has 6 nitrogen and oxygen atoms in total. The van der Waals surface area contributed by atoms with E-state index in [1.54, 1.807) is 30.7 Å². The van der Waals surface area contributed by atoms with Crippen LogP contribution in [-0.2, 0) is 4.74 Å². The second-order valence-electron chi connectivity index (χ2n) is 6.06. The molecule has 4 rings (SSSR count). The third kappa shape index (κ3) is 2.85. The molecule has 0 spiro atoms. The summed E-state index contributed by atoms with van der Waals surface area (Å²) < 4.78 is 12.0. The number of aromatic nitrogens is 2. The van der Waals surface area contributed by atoms with E-state index in [0.29, 0.717) is 24.6 Å². The molecule has 2 aromatic rings. The number of pyridine rings is 2. The fourth-order valence-corrected chi connectivity index (χ4v) is 3.48. The lowest BCUT2D eigenvalue weighted by atomic mass is 10.0. The van der Waals surface area contributed by atoms with Gasteiger partial charge in [0.2, 0.25) is 5.88 Å². The van der Waals surface area contributed by atoms with E-state index < -0.39 is 0 Å². The maximum absolute atomic E-state index is 12.9. The summed E-state index contributed by atoms with van der Waals surface area (Å²) in [4.78, 5) is 22.9. The smallest absolute Gasteiger partial charge is 0.254 e. The molecule has 6 heteroatoms. The van der Waals surface area contributed by atoms with Gasteiger partial charge in [0.25, 0.3) is 5.91 Å². The molecule has 0 saturated carbocycles. The molecule has 0 bridgehead atoms. The van der Waals surface area contributed by atoms with Gasteiger partial charge in [-0.3, -0.25) is 9.78 Å². The molecule has 124 valence electrons. The van der Waals surface area contributed by atoms with Crippen molar-refractivity contribution in [2.45, 2.75) is 31.1 Å². The summed E-state index contributed by atoms with van der Waals surface area (Å²) in [5.74, 6) is 0.568. The van der Waals surface area contributed by atoms with Gasteiger partial charge in [0.05, 0.1) is 12.6 Å². The van der Waals surface area contributed by atoms with Gasteiger partial charge in [-0.05, 0) is 31.0 Å². The van der Waals surface area contributed by atoms with Gasteiger partial charge in [-0.15, -0.1) is 0 Å². The van der Waals surface area contributed by atoms with Crippen LogP contribution in [-0.4, -0.2) is 52.2 Å². The lowest BCUT2D eigenvalue weighted by Gasteiger charge is -2.32. The normalized spacial score (nSPS) is 26.0. The lowest BCUT2D eigenvalue weighted by Crippen LogP contribution is -2.44. The van der Waals surface area contributed by atoms with Gasteiger partial charge in [0.1, 0.15) is 12.2 Å². The van der Waals surface area contributed by atoms with Crippen molar-refractivity contribution in [2.75, 3.05) is 13.2 Å². The monoisotopic (exact) mass is 325 g/mol. The van der Waals surface area contributed by atoms with Crippen LogP contribution in [0.15, 0.2) is 48.9 Å². The molecule has 3 atom stereocenters. The number of hydrogen-bond acceptors (Lipinski definition) is 5. The third-order valence-corrected chi connectivity index (χ3v) is 4.58. The van der Waals surface area contributed by atoms with Crippen LogP contribution >= 0.6 is 0 Å². The predicted molar refractivity (Wildman–Crippen MR) is 86.7 cm³/mol. The summed E-state index contributed by atoms with van der Waals surface area (Å²) in [5, 5.41) is 0. The number of carbonyl (C=O) groups excluding carboxylic acids is 1. The first-order chi connectivity index (χ1) is 11.8. The summed E-state index contributed by atoms with van der Waals surface area (Å²) >= 11 is 0. The quantitative estimate of drug-likeness (QED) is 0.863. The maximum atomic E-state index is 12.9. The molecule has 2 saturated heterocycles. The van der Waals surface area contributed by atoms with E-state index in [2.05, 4.69) is 9.97 Å². The summed E-state index contributed by atoms with van der Waals surface area (Å²) in [6.45, 7) is 1.22. The Morgan fingerprint density at radius 2 is 2.08 bits per heavy atom. The van der Waals surface area contributed by atoms with Gasteiger partial charge in [-0.1, -0.05) is 6.07 Å². The van der Waals surface area contributed by atoms with Gasteiger partial charge in [0.15, 0.2) is 0 Å². The standard InChI is InChI=1S/C18H19N3O3/c22-18(13-6-9-19-10-7-13)21-12-15(17-14(21)4-3-11-23-17)24-16-5-1-2-8-20-16/h1-2,5-10,14-15,17H,3-4,11-12H2/t14-,15+,17+/m0/s1. The number of rotatable bonds is 3. The zero-order chi connectivity index (χ0) is 16.4. The number of carbonyl (C=O) groups is 1. The van der Waals surface area contributed by atoms with Gasteiger partial charge in [0, 0.05) is 36.8 Å². The second-order valence-corrected chi connectivity index (χ2v) is 6.06. The van der Waals surface area contributed by atoms with Gasteiger partial charge in [-0.2, -0.15) is 0 Å². The van der Waals surface area contributed by atoms with Crippen molar-refractivity contribution in [2.24, 2.45) is 0 Å².